The van der Waals surface area contributed by atoms with Crippen molar-refractivity contribution in [2.24, 2.45) is 11.8 Å². The smallest absolute Gasteiger partial charge is 0.313 e. The van der Waals surface area contributed by atoms with Crippen LogP contribution in [0, 0.1) is 11.8 Å². The monoisotopic (exact) mass is 156 g/mol. The molecule has 1 aliphatic rings. The molecule has 0 amide bonds. The van der Waals surface area contributed by atoms with Crippen LogP contribution in [0.4, 0.5) is 0 Å². The van der Waals surface area contributed by atoms with Gasteiger partial charge in [-0.3, -0.25) is 9.59 Å². The van der Waals surface area contributed by atoms with Crippen molar-refractivity contribution >= 4 is 11.9 Å². The number of rotatable bonds is 1. The van der Waals surface area contributed by atoms with E-state index in [0.717, 1.165) is 0 Å². The number of hydrogen-bond acceptors (Lipinski definition) is 3. The molecular weight excluding hydrogens is 144 g/mol. The van der Waals surface area contributed by atoms with Crippen molar-refractivity contribution in [3.05, 3.63) is 0 Å². The summed E-state index contributed by atoms with van der Waals surface area (Å²) in [6.45, 7) is 4.02. The fraction of sp³-hybridized carbons (Fsp3) is 0.750. The lowest BCUT2D eigenvalue weighted by Crippen LogP contribution is -2.28. The third-order valence-electron chi connectivity index (χ3n) is 2.03. The Balaban J connectivity index is 2.56. The highest BCUT2D eigenvalue weighted by molar-refractivity contribution is 5.88. The zero-order valence-corrected chi connectivity index (χ0v) is 6.79. The van der Waals surface area contributed by atoms with Crippen molar-refractivity contribution in [3.8, 4) is 0 Å². The molecule has 0 unspecified atom stereocenters. The molecule has 11 heavy (non-hydrogen) atoms. The van der Waals surface area contributed by atoms with E-state index in [2.05, 4.69) is 4.74 Å². The molecule has 3 nitrogen and oxygen atoms in total. The summed E-state index contributed by atoms with van der Waals surface area (Å²) >= 11 is 0. The zero-order valence-electron chi connectivity index (χ0n) is 6.79. The third kappa shape index (κ3) is 2.03. The maximum Gasteiger partial charge on any atom is 0.313 e. The lowest BCUT2D eigenvalue weighted by Gasteiger charge is -2.22. The lowest BCUT2D eigenvalue weighted by atomic mass is 9.88. The second-order valence-corrected chi connectivity index (χ2v) is 3.26. The Kier molecular flexibility index (Phi) is 2.27. The van der Waals surface area contributed by atoms with Crippen LogP contribution in [0.1, 0.15) is 26.7 Å². The molecule has 0 radical (unpaired) electrons. The van der Waals surface area contributed by atoms with E-state index >= 15 is 0 Å². The molecule has 62 valence electrons. The van der Waals surface area contributed by atoms with Crippen LogP contribution in [0.3, 0.4) is 0 Å². The van der Waals surface area contributed by atoms with Crippen molar-refractivity contribution in [3.63, 3.8) is 0 Å². The van der Waals surface area contributed by atoms with Gasteiger partial charge in [0.15, 0.2) is 0 Å². The van der Waals surface area contributed by atoms with Crippen LogP contribution < -0.4 is 0 Å². The van der Waals surface area contributed by atoms with Gasteiger partial charge in [-0.2, -0.15) is 0 Å². The van der Waals surface area contributed by atoms with Crippen LogP contribution in [0.15, 0.2) is 0 Å². The van der Waals surface area contributed by atoms with Crippen molar-refractivity contribution in [1.82, 2.24) is 0 Å². The molecule has 1 fully saturated rings. The van der Waals surface area contributed by atoms with E-state index in [1.165, 1.54) is 0 Å². The molecule has 1 heterocycles. The maximum atomic E-state index is 10.7. The third-order valence-corrected chi connectivity index (χ3v) is 2.03. The second-order valence-electron chi connectivity index (χ2n) is 3.26. The molecule has 0 N–H and O–H groups in total. The van der Waals surface area contributed by atoms with E-state index in [1.54, 1.807) is 0 Å². The zero-order chi connectivity index (χ0) is 8.43. The Labute approximate surface area is 65.7 Å². The van der Waals surface area contributed by atoms with Crippen LogP contribution >= 0.6 is 0 Å². The molecule has 0 aromatic heterocycles. The summed E-state index contributed by atoms with van der Waals surface area (Å²) in [5, 5.41) is 0. The first-order valence-electron chi connectivity index (χ1n) is 3.83. The minimum Gasteiger partial charge on any atom is -0.393 e. The molecule has 0 bridgehead atoms. The highest BCUT2D eigenvalue weighted by Gasteiger charge is 2.28. The van der Waals surface area contributed by atoms with Crippen molar-refractivity contribution < 1.29 is 14.3 Å². The highest BCUT2D eigenvalue weighted by atomic mass is 16.6. The van der Waals surface area contributed by atoms with Gasteiger partial charge in [-0.05, 0) is 11.8 Å². The van der Waals surface area contributed by atoms with Gasteiger partial charge in [0.2, 0.25) is 0 Å². The molecular formula is C8H12O3. The van der Waals surface area contributed by atoms with E-state index in [4.69, 9.17) is 0 Å². The van der Waals surface area contributed by atoms with Gasteiger partial charge in [0.25, 0.3) is 0 Å². The molecule has 1 rings (SSSR count). The topological polar surface area (TPSA) is 43.4 Å². The van der Waals surface area contributed by atoms with Gasteiger partial charge in [0, 0.05) is 12.8 Å². The minimum absolute atomic E-state index is 0.184. The van der Waals surface area contributed by atoms with E-state index in [-0.39, 0.29) is 17.9 Å². The summed E-state index contributed by atoms with van der Waals surface area (Å²) in [5.41, 5.74) is 0. The first-order valence-corrected chi connectivity index (χ1v) is 3.83. The van der Waals surface area contributed by atoms with Gasteiger partial charge in [0.05, 0.1) is 0 Å². The lowest BCUT2D eigenvalue weighted by molar-refractivity contribution is -0.166. The Morgan fingerprint density at radius 1 is 1.27 bits per heavy atom. The number of ether oxygens (including phenoxy) is 1. The van der Waals surface area contributed by atoms with Crippen molar-refractivity contribution in [2.75, 3.05) is 0 Å². The predicted molar refractivity (Wildman–Crippen MR) is 38.7 cm³/mol. The standard InChI is InChI=1S/C8H12O3/c1-5(2)6-3-7(9)11-8(10)4-6/h5-6H,3-4H2,1-2H3. The molecule has 0 atom stereocenters. The van der Waals surface area contributed by atoms with E-state index in [9.17, 15) is 9.59 Å². The van der Waals surface area contributed by atoms with Gasteiger partial charge >= 0.3 is 11.9 Å². The molecule has 1 saturated heterocycles. The molecule has 0 spiro atoms. The predicted octanol–water partition coefficient (Wildman–Crippen LogP) is 1.12. The van der Waals surface area contributed by atoms with Gasteiger partial charge < -0.3 is 4.74 Å². The molecule has 1 aliphatic heterocycles. The van der Waals surface area contributed by atoms with Gasteiger partial charge in [0.1, 0.15) is 0 Å². The van der Waals surface area contributed by atoms with Gasteiger partial charge in [-0.25, -0.2) is 0 Å². The maximum absolute atomic E-state index is 10.7. The first-order chi connectivity index (χ1) is 5.09. The van der Waals surface area contributed by atoms with Crippen LogP contribution in [0.25, 0.3) is 0 Å². The summed E-state index contributed by atoms with van der Waals surface area (Å²) in [6.07, 6.45) is 0.785. The van der Waals surface area contributed by atoms with E-state index < -0.39 is 0 Å². The van der Waals surface area contributed by atoms with Crippen LogP contribution in [-0.2, 0) is 14.3 Å². The molecule has 0 saturated carbocycles. The average Bonchev–Trinajstić information content (AvgIpc) is 1.85. The van der Waals surface area contributed by atoms with E-state index in [1.807, 2.05) is 13.8 Å². The normalized spacial score (nSPS) is 20.6. The second kappa shape index (κ2) is 3.03. The van der Waals surface area contributed by atoms with Crippen LogP contribution in [-0.4, -0.2) is 11.9 Å². The summed E-state index contributed by atoms with van der Waals surface area (Å²) in [5.74, 6) is -0.185. The number of esters is 2. The van der Waals surface area contributed by atoms with Gasteiger partial charge in [-0.15, -0.1) is 0 Å². The largest absolute Gasteiger partial charge is 0.393 e. The fourth-order valence-electron chi connectivity index (χ4n) is 1.18. The van der Waals surface area contributed by atoms with E-state index in [0.29, 0.717) is 18.8 Å². The molecule has 0 aromatic rings. The first kappa shape index (κ1) is 8.24. The summed E-state index contributed by atoms with van der Waals surface area (Å²) in [6, 6.07) is 0. The highest BCUT2D eigenvalue weighted by Crippen LogP contribution is 2.24. The fourth-order valence-corrected chi connectivity index (χ4v) is 1.18. The van der Waals surface area contributed by atoms with Crippen molar-refractivity contribution in [1.29, 1.82) is 0 Å². The molecule has 0 aromatic carbocycles. The summed E-state index contributed by atoms with van der Waals surface area (Å²) < 4.78 is 4.39. The SMILES string of the molecule is CC(C)C1CC(=O)OC(=O)C1. The average molecular weight is 156 g/mol. The Bertz CT molecular complexity index is 168. The number of hydrogen-bond donors (Lipinski definition) is 0. The Morgan fingerprint density at radius 2 is 1.73 bits per heavy atom. The molecule has 3 heteroatoms. The number of carbonyl (C=O) groups is 2. The Hall–Kier alpha value is -0.860. The van der Waals surface area contributed by atoms with Crippen LogP contribution in [0.2, 0.25) is 0 Å². The Morgan fingerprint density at radius 3 is 2.09 bits per heavy atom. The van der Waals surface area contributed by atoms with Crippen LogP contribution in [0.5, 0.6) is 0 Å². The summed E-state index contributed by atoms with van der Waals surface area (Å²) in [7, 11) is 0. The number of cyclic esters (lactones) is 2. The quantitative estimate of drug-likeness (QED) is 0.422. The van der Waals surface area contributed by atoms with Gasteiger partial charge in [-0.1, -0.05) is 13.8 Å². The summed E-state index contributed by atoms with van der Waals surface area (Å²) in [4.78, 5) is 21.5. The van der Waals surface area contributed by atoms with Crippen molar-refractivity contribution in [2.45, 2.75) is 26.7 Å². The number of carbonyl (C=O) groups excluding carboxylic acids is 2. The molecule has 0 aliphatic carbocycles. The minimum atomic E-state index is -0.375.